The minimum atomic E-state index is -0.317. The van der Waals surface area contributed by atoms with E-state index in [2.05, 4.69) is 26.1 Å². The van der Waals surface area contributed by atoms with Crippen LogP contribution in [0.15, 0.2) is 18.2 Å². The number of hydrogen-bond acceptors (Lipinski definition) is 2. The van der Waals surface area contributed by atoms with Gasteiger partial charge in [-0.25, -0.2) is 0 Å². The number of hydrogen-bond donors (Lipinski definition) is 1. The molecule has 0 saturated carbocycles. The van der Waals surface area contributed by atoms with Crippen LogP contribution in [-0.4, -0.2) is 18.9 Å². The van der Waals surface area contributed by atoms with Gasteiger partial charge in [0.1, 0.15) is 0 Å². The van der Waals surface area contributed by atoms with E-state index in [4.69, 9.17) is 23.2 Å². The molecule has 1 aromatic rings. The summed E-state index contributed by atoms with van der Waals surface area (Å²) in [5.41, 5.74) is 0.581. The van der Waals surface area contributed by atoms with E-state index in [-0.39, 0.29) is 16.6 Å². The highest BCUT2D eigenvalue weighted by molar-refractivity contribution is 6.42. The van der Waals surface area contributed by atoms with Crippen molar-refractivity contribution in [3.63, 3.8) is 0 Å². The number of Topliss-reactive ketones (excluding diaryl/α,β-unsaturated/α-hetero) is 1. The predicted molar refractivity (Wildman–Crippen MR) is 94.0 cm³/mol. The van der Waals surface area contributed by atoms with Gasteiger partial charge in [-0.2, -0.15) is 0 Å². The predicted octanol–water partition coefficient (Wildman–Crippen LogP) is 5.37. The van der Waals surface area contributed by atoms with Crippen molar-refractivity contribution in [3.8, 4) is 0 Å². The van der Waals surface area contributed by atoms with E-state index in [0.29, 0.717) is 15.6 Å². The standard InChI is InChI=1S/C18H25Cl2NO/c1-17(2,3)8-9-18(7-4-10-21-12-18)16(22)13-5-6-14(19)15(20)11-13/h5-6,11,21H,4,7-10,12H2,1-3H3/t18-/m1/s1. The van der Waals surface area contributed by atoms with Gasteiger partial charge in [0.15, 0.2) is 5.78 Å². The molecule has 0 aromatic heterocycles. The number of benzene rings is 1. The summed E-state index contributed by atoms with van der Waals surface area (Å²) in [4.78, 5) is 13.2. The van der Waals surface area contributed by atoms with E-state index >= 15 is 0 Å². The average Bonchev–Trinajstić information content (AvgIpc) is 2.47. The second-order valence-corrected chi connectivity index (χ2v) is 8.39. The summed E-state index contributed by atoms with van der Waals surface area (Å²) in [5, 5.41) is 4.34. The molecule has 22 heavy (non-hydrogen) atoms. The van der Waals surface area contributed by atoms with E-state index in [1.165, 1.54) is 0 Å². The van der Waals surface area contributed by atoms with E-state index in [0.717, 1.165) is 38.8 Å². The summed E-state index contributed by atoms with van der Waals surface area (Å²) in [6, 6.07) is 5.22. The van der Waals surface area contributed by atoms with Crippen LogP contribution in [0.5, 0.6) is 0 Å². The topological polar surface area (TPSA) is 29.1 Å². The number of piperidine rings is 1. The lowest BCUT2D eigenvalue weighted by molar-refractivity contribution is 0.0692. The molecule has 0 spiro atoms. The maximum Gasteiger partial charge on any atom is 0.170 e. The summed E-state index contributed by atoms with van der Waals surface area (Å²) < 4.78 is 0. The number of carbonyl (C=O) groups is 1. The Balaban J connectivity index is 2.27. The molecule has 0 amide bonds. The van der Waals surface area contributed by atoms with Crippen molar-refractivity contribution in [1.82, 2.24) is 5.32 Å². The molecular formula is C18H25Cl2NO. The van der Waals surface area contributed by atoms with E-state index < -0.39 is 0 Å². The molecule has 0 aliphatic carbocycles. The molecular weight excluding hydrogens is 317 g/mol. The second kappa shape index (κ2) is 6.90. The van der Waals surface area contributed by atoms with Crippen molar-refractivity contribution in [2.24, 2.45) is 10.8 Å². The van der Waals surface area contributed by atoms with Gasteiger partial charge in [-0.05, 0) is 55.8 Å². The first kappa shape index (κ1) is 17.8. The van der Waals surface area contributed by atoms with Crippen LogP contribution in [0.25, 0.3) is 0 Å². The fourth-order valence-electron chi connectivity index (χ4n) is 3.05. The molecule has 2 rings (SSSR count). The largest absolute Gasteiger partial charge is 0.316 e. The van der Waals surface area contributed by atoms with Gasteiger partial charge in [-0.15, -0.1) is 0 Å². The van der Waals surface area contributed by atoms with Crippen LogP contribution in [0.3, 0.4) is 0 Å². The summed E-state index contributed by atoms with van der Waals surface area (Å²) >= 11 is 12.1. The summed E-state index contributed by atoms with van der Waals surface area (Å²) in [5.74, 6) is 0.197. The minimum Gasteiger partial charge on any atom is -0.316 e. The molecule has 1 aliphatic heterocycles. The monoisotopic (exact) mass is 341 g/mol. The van der Waals surface area contributed by atoms with Crippen molar-refractivity contribution < 1.29 is 4.79 Å². The first-order chi connectivity index (χ1) is 10.2. The minimum absolute atomic E-state index is 0.197. The highest BCUT2D eigenvalue weighted by Gasteiger charge is 2.40. The Morgan fingerprint density at radius 3 is 2.55 bits per heavy atom. The van der Waals surface area contributed by atoms with Gasteiger partial charge < -0.3 is 5.32 Å². The van der Waals surface area contributed by atoms with E-state index in [1.807, 2.05) is 0 Å². The fourth-order valence-corrected chi connectivity index (χ4v) is 3.34. The zero-order valence-corrected chi connectivity index (χ0v) is 15.2. The first-order valence-corrected chi connectivity index (χ1v) is 8.70. The quantitative estimate of drug-likeness (QED) is 0.745. The highest BCUT2D eigenvalue weighted by atomic mass is 35.5. The fraction of sp³-hybridized carbons (Fsp3) is 0.611. The van der Waals surface area contributed by atoms with Crippen LogP contribution in [-0.2, 0) is 0 Å². The Morgan fingerprint density at radius 2 is 2.00 bits per heavy atom. The summed E-state index contributed by atoms with van der Waals surface area (Å²) in [7, 11) is 0. The third kappa shape index (κ3) is 4.24. The van der Waals surface area contributed by atoms with Crippen LogP contribution < -0.4 is 5.32 Å². The molecule has 1 fully saturated rings. The molecule has 0 bridgehead atoms. The van der Waals surface area contributed by atoms with Crippen LogP contribution in [0.4, 0.5) is 0 Å². The Bertz CT molecular complexity index is 543. The zero-order valence-electron chi connectivity index (χ0n) is 13.6. The smallest absolute Gasteiger partial charge is 0.170 e. The van der Waals surface area contributed by atoms with Gasteiger partial charge >= 0.3 is 0 Å². The summed E-state index contributed by atoms with van der Waals surface area (Å²) in [6.45, 7) is 8.41. The number of halogens is 2. The highest BCUT2D eigenvalue weighted by Crippen LogP contribution is 2.39. The van der Waals surface area contributed by atoms with Gasteiger partial charge in [-0.1, -0.05) is 44.0 Å². The second-order valence-electron chi connectivity index (χ2n) is 7.58. The Labute approximate surface area is 143 Å². The molecule has 1 N–H and O–H groups in total. The molecule has 1 saturated heterocycles. The molecule has 1 heterocycles. The first-order valence-electron chi connectivity index (χ1n) is 7.94. The molecule has 122 valence electrons. The van der Waals surface area contributed by atoms with Crippen molar-refractivity contribution in [1.29, 1.82) is 0 Å². The van der Waals surface area contributed by atoms with Gasteiger partial charge in [0.05, 0.1) is 10.0 Å². The van der Waals surface area contributed by atoms with Crippen molar-refractivity contribution >= 4 is 29.0 Å². The lowest BCUT2D eigenvalue weighted by atomic mass is 9.69. The van der Waals surface area contributed by atoms with Gasteiger partial charge in [-0.3, -0.25) is 4.79 Å². The van der Waals surface area contributed by atoms with Crippen molar-refractivity contribution in [3.05, 3.63) is 33.8 Å². The van der Waals surface area contributed by atoms with Gasteiger partial charge in [0, 0.05) is 17.5 Å². The molecule has 1 aliphatic rings. The maximum absolute atomic E-state index is 13.2. The van der Waals surface area contributed by atoms with E-state index in [1.54, 1.807) is 18.2 Å². The maximum atomic E-state index is 13.2. The van der Waals surface area contributed by atoms with Crippen LogP contribution in [0.1, 0.15) is 56.8 Å². The molecule has 1 aromatic carbocycles. The van der Waals surface area contributed by atoms with Gasteiger partial charge in [0.2, 0.25) is 0 Å². The van der Waals surface area contributed by atoms with Crippen LogP contribution >= 0.6 is 23.2 Å². The normalized spacial score (nSPS) is 22.6. The van der Waals surface area contributed by atoms with E-state index in [9.17, 15) is 4.79 Å². The van der Waals surface area contributed by atoms with Crippen molar-refractivity contribution in [2.75, 3.05) is 13.1 Å². The lowest BCUT2D eigenvalue weighted by Crippen LogP contribution is -2.46. The number of ketones is 1. The SMILES string of the molecule is CC(C)(C)CC[C@]1(C(=O)c2ccc(Cl)c(Cl)c2)CCCNC1. The van der Waals surface area contributed by atoms with Crippen molar-refractivity contribution in [2.45, 2.75) is 46.5 Å². The Hall–Kier alpha value is -0.570. The lowest BCUT2D eigenvalue weighted by Gasteiger charge is -2.38. The van der Waals surface area contributed by atoms with Crippen LogP contribution in [0, 0.1) is 10.8 Å². The van der Waals surface area contributed by atoms with Gasteiger partial charge in [0.25, 0.3) is 0 Å². The zero-order chi connectivity index (χ0) is 16.4. The summed E-state index contributed by atoms with van der Waals surface area (Å²) in [6.07, 6.45) is 3.91. The third-order valence-corrected chi connectivity index (χ3v) is 5.23. The number of nitrogens with one attached hydrogen (secondary N) is 1. The number of carbonyl (C=O) groups excluding carboxylic acids is 1. The Morgan fingerprint density at radius 1 is 1.27 bits per heavy atom. The van der Waals surface area contributed by atoms with Crippen LogP contribution in [0.2, 0.25) is 10.0 Å². The molecule has 0 unspecified atom stereocenters. The number of rotatable bonds is 4. The Kier molecular flexibility index (Phi) is 5.58. The molecule has 0 radical (unpaired) electrons. The molecule has 4 heteroatoms. The molecule has 2 nitrogen and oxygen atoms in total. The molecule has 1 atom stereocenters. The average molecular weight is 342 g/mol. The third-order valence-electron chi connectivity index (χ3n) is 4.49.